The molecule has 2 N–H and O–H groups in total. The highest BCUT2D eigenvalue weighted by molar-refractivity contribution is 5.77. The average molecular weight is 222 g/mol. The van der Waals surface area contributed by atoms with Crippen molar-refractivity contribution >= 4 is 5.91 Å². The summed E-state index contributed by atoms with van der Waals surface area (Å²) in [6.07, 6.45) is 7.35. The molecule has 1 fully saturated rings. The van der Waals surface area contributed by atoms with Gasteiger partial charge in [0.05, 0.1) is 6.54 Å². The second kappa shape index (κ2) is 5.00. The third kappa shape index (κ3) is 2.46. The summed E-state index contributed by atoms with van der Waals surface area (Å²) in [5.41, 5.74) is 0. The molecule has 1 amide bonds. The van der Waals surface area contributed by atoms with Crippen molar-refractivity contribution in [2.24, 2.45) is 17.8 Å². The molecule has 0 saturated heterocycles. The maximum absolute atomic E-state index is 11.3. The van der Waals surface area contributed by atoms with Gasteiger partial charge in [-0.1, -0.05) is 12.2 Å². The first-order valence-electron chi connectivity index (χ1n) is 6.39. The van der Waals surface area contributed by atoms with Crippen LogP contribution in [0, 0.1) is 17.8 Å². The van der Waals surface area contributed by atoms with Crippen LogP contribution in [0.15, 0.2) is 12.2 Å². The normalized spacial score (nSPS) is 33.0. The van der Waals surface area contributed by atoms with Gasteiger partial charge >= 0.3 is 0 Å². The van der Waals surface area contributed by atoms with Crippen LogP contribution >= 0.6 is 0 Å². The maximum Gasteiger partial charge on any atom is 0.233 e. The van der Waals surface area contributed by atoms with E-state index < -0.39 is 0 Å². The van der Waals surface area contributed by atoms with Gasteiger partial charge < -0.3 is 10.6 Å². The average Bonchev–Trinajstić information content (AvgIpc) is 2.88. The first-order valence-corrected chi connectivity index (χ1v) is 6.39. The fraction of sp³-hybridized carbons (Fsp3) is 0.769. The molecule has 0 aromatic rings. The highest BCUT2D eigenvalue weighted by Crippen LogP contribution is 2.44. The third-order valence-electron chi connectivity index (χ3n) is 3.93. The molecule has 16 heavy (non-hydrogen) atoms. The summed E-state index contributed by atoms with van der Waals surface area (Å²) in [7, 11) is 0. The maximum atomic E-state index is 11.3. The number of carbonyl (C=O) groups excluding carboxylic acids is 1. The molecular formula is C13H22N2O. The Labute approximate surface area is 97.7 Å². The fourth-order valence-corrected chi connectivity index (χ4v) is 3.06. The molecule has 2 aliphatic carbocycles. The van der Waals surface area contributed by atoms with E-state index >= 15 is 0 Å². The van der Waals surface area contributed by atoms with Crippen molar-refractivity contribution in [3.05, 3.63) is 12.2 Å². The third-order valence-corrected chi connectivity index (χ3v) is 3.93. The number of carbonyl (C=O) groups is 1. The molecule has 0 aromatic heterocycles. The van der Waals surface area contributed by atoms with Gasteiger partial charge in [0.15, 0.2) is 0 Å². The van der Waals surface area contributed by atoms with Gasteiger partial charge in [0.25, 0.3) is 0 Å². The van der Waals surface area contributed by atoms with Crippen LogP contribution in [-0.4, -0.2) is 25.0 Å². The van der Waals surface area contributed by atoms with E-state index in [1.807, 2.05) is 6.92 Å². The summed E-state index contributed by atoms with van der Waals surface area (Å²) in [6.45, 7) is 5.32. The van der Waals surface area contributed by atoms with E-state index in [1.54, 1.807) is 0 Å². The van der Waals surface area contributed by atoms with Gasteiger partial charge in [-0.2, -0.15) is 0 Å². The summed E-state index contributed by atoms with van der Waals surface area (Å²) in [5.74, 6) is 2.39. The van der Waals surface area contributed by atoms with Crippen LogP contribution in [0.3, 0.4) is 0 Å². The minimum Gasteiger partial charge on any atom is -0.355 e. The summed E-state index contributed by atoms with van der Waals surface area (Å²) in [4.78, 5) is 11.3. The smallest absolute Gasteiger partial charge is 0.233 e. The summed E-state index contributed by atoms with van der Waals surface area (Å²) in [6, 6.07) is 0.447. The molecule has 1 saturated carbocycles. The lowest BCUT2D eigenvalue weighted by Crippen LogP contribution is -2.42. The van der Waals surface area contributed by atoms with Gasteiger partial charge in [-0.3, -0.25) is 4.79 Å². The molecule has 90 valence electrons. The Morgan fingerprint density at radius 1 is 1.44 bits per heavy atom. The van der Waals surface area contributed by atoms with Crippen molar-refractivity contribution in [2.75, 3.05) is 13.1 Å². The number of fused-ring (bicyclic) bond motifs is 2. The molecule has 4 atom stereocenters. The molecule has 3 heteroatoms. The number of likely N-dealkylation sites (N-methyl/N-ethyl adjacent to an activating group) is 1. The lowest BCUT2D eigenvalue weighted by Gasteiger charge is -2.26. The highest BCUT2D eigenvalue weighted by atomic mass is 16.1. The van der Waals surface area contributed by atoms with Crippen LogP contribution < -0.4 is 10.6 Å². The molecule has 4 unspecified atom stereocenters. The van der Waals surface area contributed by atoms with Crippen LogP contribution in [0.25, 0.3) is 0 Å². The monoisotopic (exact) mass is 222 g/mol. The zero-order valence-electron chi connectivity index (χ0n) is 10.2. The molecule has 0 heterocycles. The first-order chi connectivity index (χ1) is 7.70. The topological polar surface area (TPSA) is 41.1 Å². The van der Waals surface area contributed by atoms with E-state index in [-0.39, 0.29) is 5.91 Å². The number of amides is 1. The van der Waals surface area contributed by atoms with Crippen LogP contribution in [-0.2, 0) is 4.79 Å². The first kappa shape index (κ1) is 11.6. The minimum atomic E-state index is 0.105. The van der Waals surface area contributed by atoms with E-state index in [0.717, 1.165) is 17.8 Å². The van der Waals surface area contributed by atoms with Crippen molar-refractivity contribution in [3.63, 3.8) is 0 Å². The van der Waals surface area contributed by atoms with Crippen LogP contribution in [0.4, 0.5) is 0 Å². The zero-order chi connectivity index (χ0) is 11.5. The predicted octanol–water partition coefficient (Wildman–Crippen LogP) is 1.31. The molecule has 0 aromatic carbocycles. The molecular weight excluding hydrogens is 200 g/mol. The van der Waals surface area contributed by atoms with Crippen molar-refractivity contribution in [3.8, 4) is 0 Å². The van der Waals surface area contributed by atoms with Crippen LogP contribution in [0.5, 0.6) is 0 Å². The lowest BCUT2D eigenvalue weighted by molar-refractivity contribution is -0.120. The Balaban J connectivity index is 1.74. The van der Waals surface area contributed by atoms with E-state index in [0.29, 0.717) is 19.1 Å². The quantitative estimate of drug-likeness (QED) is 0.689. The van der Waals surface area contributed by atoms with Gasteiger partial charge in [-0.15, -0.1) is 0 Å². The van der Waals surface area contributed by atoms with Crippen LogP contribution in [0.2, 0.25) is 0 Å². The number of rotatable bonds is 5. The zero-order valence-corrected chi connectivity index (χ0v) is 10.2. The van der Waals surface area contributed by atoms with Gasteiger partial charge in [0, 0.05) is 12.6 Å². The van der Waals surface area contributed by atoms with Gasteiger partial charge in [0.1, 0.15) is 0 Å². The van der Waals surface area contributed by atoms with E-state index in [1.165, 1.54) is 12.8 Å². The molecule has 0 aliphatic heterocycles. The minimum absolute atomic E-state index is 0.105. The fourth-order valence-electron chi connectivity index (χ4n) is 3.06. The Hall–Kier alpha value is -0.830. The second-order valence-electron chi connectivity index (χ2n) is 5.07. The van der Waals surface area contributed by atoms with Crippen molar-refractivity contribution in [1.82, 2.24) is 10.6 Å². The van der Waals surface area contributed by atoms with Gasteiger partial charge in [-0.05, 0) is 44.4 Å². The van der Waals surface area contributed by atoms with Gasteiger partial charge in [-0.25, -0.2) is 0 Å². The number of allylic oxidation sites excluding steroid dienone is 2. The molecule has 0 spiro atoms. The predicted molar refractivity (Wildman–Crippen MR) is 65.0 cm³/mol. The van der Waals surface area contributed by atoms with E-state index in [4.69, 9.17) is 0 Å². The summed E-state index contributed by atoms with van der Waals surface area (Å²) >= 11 is 0. The molecule has 2 bridgehead atoms. The molecule has 2 rings (SSSR count). The standard InChI is InChI=1S/C13H22N2O/c1-3-14-13(16)8-15-9(2)12-7-10-4-5-11(12)6-10/h4-5,9-12,15H,3,6-8H2,1-2H3,(H,14,16). The largest absolute Gasteiger partial charge is 0.355 e. The highest BCUT2D eigenvalue weighted by Gasteiger charge is 2.38. The molecule has 3 nitrogen and oxygen atoms in total. The molecule has 2 aliphatic rings. The second-order valence-corrected chi connectivity index (χ2v) is 5.07. The van der Waals surface area contributed by atoms with Crippen LogP contribution in [0.1, 0.15) is 26.7 Å². The summed E-state index contributed by atoms with van der Waals surface area (Å²) < 4.78 is 0. The van der Waals surface area contributed by atoms with Crippen molar-refractivity contribution in [1.29, 1.82) is 0 Å². The van der Waals surface area contributed by atoms with E-state index in [9.17, 15) is 4.79 Å². The van der Waals surface area contributed by atoms with Crippen molar-refractivity contribution in [2.45, 2.75) is 32.7 Å². The Morgan fingerprint density at radius 3 is 2.81 bits per heavy atom. The Morgan fingerprint density at radius 2 is 2.25 bits per heavy atom. The van der Waals surface area contributed by atoms with Gasteiger partial charge in [0.2, 0.25) is 5.91 Å². The Kier molecular flexibility index (Phi) is 3.64. The number of hydrogen-bond donors (Lipinski definition) is 2. The number of nitrogens with one attached hydrogen (secondary N) is 2. The molecule has 0 radical (unpaired) electrons. The van der Waals surface area contributed by atoms with E-state index in [2.05, 4.69) is 29.7 Å². The SMILES string of the molecule is CCNC(=O)CNC(C)C1CC2C=CC1C2. The Bertz CT molecular complexity index is 288. The van der Waals surface area contributed by atoms with Crippen molar-refractivity contribution < 1.29 is 4.79 Å². The number of hydrogen-bond acceptors (Lipinski definition) is 2. The summed E-state index contributed by atoms with van der Waals surface area (Å²) in [5, 5.41) is 6.16. The lowest BCUT2D eigenvalue weighted by atomic mass is 9.87.